The molecule has 2 aromatic carbocycles. The molecular formula is C40H53N3O5. The first-order valence-electron chi connectivity index (χ1n) is 17.2. The molecule has 48 heavy (non-hydrogen) atoms. The van der Waals surface area contributed by atoms with E-state index in [1.807, 2.05) is 86.3 Å². The van der Waals surface area contributed by atoms with Gasteiger partial charge in [-0.15, -0.1) is 13.2 Å². The summed E-state index contributed by atoms with van der Waals surface area (Å²) in [6.07, 6.45) is 5.10. The minimum absolute atomic E-state index is 0.0897. The summed E-state index contributed by atoms with van der Waals surface area (Å²) in [5, 5.41) is 10.9. The van der Waals surface area contributed by atoms with Gasteiger partial charge in [0.1, 0.15) is 11.6 Å². The number of likely N-dealkylation sites (tertiary alicyclic amines) is 1. The fraction of sp³-hybridized carbons (Fsp3) is 0.525. The van der Waals surface area contributed by atoms with E-state index >= 15 is 9.59 Å². The number of hydrogen-bond acceptors (Lipinski definition) is 5. The van der Waals surface area contributed by atoms with Gasteiger partial charge in [0, 0.05) is 25.2 Å². The van der Waals surface area contributed by atoms with E-state index in [2.05, 4.69) is 33.9 Å². The van der Waals surface area contributed by atoms with Crippen molar-refractivity contribution in [1.29, 1.82) is 0 Å². The van der Waals surface area contributed by atoms with Gasteiger partial charge in [0.25, 0.3) is 0 Å². The largest absolute Gasteiger partial charge is 0.394 e. The highest BCUT2D eigenvalue weighted by Crippen LogP contribution is 2.64. The molecule has 2 bridgehead atoms. The van der Waals surface area contributed by atoms with Gasteiger partial charge in [-0.2, -0.15) is 0 Å². The fourth-order valence-electron chi connectivity index (χ4n) is 9.08. The van der Waals surface area contributed by atoms with Crippen LogP contribution in [0.15, 0.2) is 86.0 Å². The van der Waals surface area contributed by atoms with E-state index in [0.717, 1.165) is 5.56 Å². The molecule has 3 fully saturated rings. The monoisotopic (exact) mass is 655 g/mol. The van der Waals surface area contributed by atoms with Gasteiger partial charge in [-0.25, -0.2) is 0 Å². The molecule has 3 aliphatic rings. The first kappa shape index (κ1) is 35.6. The Bertz CT molecular complexity index is 1520. The number of ether oxygens (including phenoxy) is 1. The Morgan fingerprint density at radius 3 is 2.15 bits per heavy atom. The number of nitrogens with zero attached hydrogens (tertiary/aromatic N) is 3. The molecule has 5 rings (SSSR count). The Morgan fingerprint density at radius 1 is 0.979 bits per heavy atom. The molecule has 3 aliphatic heterocycles. The summed E-state index contributed by atoms with van der Waals surface area (Å²) in [6, 6.07) is 17.2. The second-order valence-electron chi connectivity index (χ2n) is 15.9. The number of fused-ring (bicyclic) bond motifs is 1. The van der Waals surface area contributed by atoms with Crippen molar-refractivity contribution < 1.29 is 24.2 Å². The maximum absolute atomic E-state index is 15.3. The van der Waals surface area contributed by atoms with Gasteiger partial charge in [0.15, 0.2) is 0 Å². The van der Waals surface area contributed by atoms with Crippen LogP contribution in [-0.2, 0) is 25.7 Å². The van der Waals surface area contributed by atoms with Crippen LogP contribution in [0, 0.1) is 17.3 Å². The number of aliphatic hydroxyl groups excluding tert-OH is 1. The minimum Gasteiger partial charge on any atom is -0.394 e. The zero-order chi connectivity index (χ0) is 35.1. The molecule has 0 saturated carbocycles. The number of rotatable bonds is 13. The second-order valence-corrected chi connectivity index (χ2v) is 15.9. The molecule has 0 aliphatic carbocycles. The zero-order valence-corrected chi connectivity index (χ0v) is 29.5. The van der Waals surface area contributed by atoms with E-state index in [-0.39, 0.29) is 36.3 Å². The molecule has 3 saturated heterocycles. The lowest BCUT2D eigenvalue weighted by Gasteiger charge is -2.46. The van der Waals surface area contributed by atoms with Crippen LogP contribution in [0.3, 0.4) is 0 Å². The minimum atomic E-state index is -1.24. The van der Waals surface area contributed by atoms with Crippen LogP contribution in [0.1, 0.15) is 78.0 Å². The van der Waals surface area contributed by atoms with Crippen LogP contribution in [0.4, 0.5) is 0 Å². The topological polar surface area (TPSA) is 90.4 Å². The molecule has 8 heteroatoms. The van der Waals surface area contributed by atoms with Crippen LogP contribution in [0.5, 0.6) is 0 Å². The predicted octanol–water partition coefficient (Wildman–Crippen LogP) is 5.93. The second kappa shape index (κ2) is 13.3. The molecule has 1 N–H and O–H groups in total. The maximum atomic E-state index is 15.3. The van der Waals surface area contributed by atoms with Crippen molar-refractivity contribution in [1.82, 2.24) is 14.7 Å². The third-order valence-corrected chi connectivity index (χ3v) is 10.6. The summed E-state index contributed by atoms with van der Waals surface area (Å²) >= 11 is 0. The summed E-state index contributed by atoms with van der Waals surface area (Å²) in [5.41, 5.74) is -1.19. The third-order valence-electron chi connectivity index (χ3n) is 10.6. The van der Waals surface area contributed by atoms with E-state index in [1.165, 1.54) is 0 Å². The fourth-order valence-corrected chi connectivity index (χ4v) is 9.08. The molecule has 1 spiro atoms. The van der Waals surface area contributed by atoms with Crippen LogP contribution >= 0.6 is 0 Å². The van der Waals surface area contributed by atoms with Crippen molar-refractivity contribution in [3.63, 3.8) is 0 Å². The van der Waals surface area contributed by atoms with Crippen molar-refractivity contribution in [2.75, 3.05) is 19.7 Å². The smallest absolute Gasteiger partial charge is 0.249 e. The Balaban J connectivity index is 1.64. The SMILES string of the molecule is C=CCN(Cc1ccccc1)C(=O)[C@H]1[C@H]2C(=O)N([C@H](CO)c3ccccc3)C(C(=O)N(CC=C)C(C)(C)CC(C)(C)C)C23CC[C@]1(C)O3. The van der Waals surface area contributed by atoms with E-state index in [4.69, 9.17) is 4.74 Å². The highest BCUT2D eigenvalue weighted by Gasteiger charge is 2.79. The Kier molecular flexibility index (Phi) is 9.84. The average Bonchev–Trinajstić information content (AvgIpc) is 3.60. The van der Waals surface area contributed by atoms with Crippen LogP contribution < -0.4 is 0 Å². The molecule has 8 nitrogen and oxygen atoms in total. The standard InChI is InChI=1S/C40H53N3O5/c1-9-23-41(25-28-17-13-11-14-18-28)34(45)31-32-35(46)43(30(26-44)29-19-15-12-16-20-29)33(40(32)22-21-39(31,8)48-40)36(47)42(24-10-2)38(6,7)27-37(3,4)5/h9-20,30-33,44H,1-2,21-27H2,3-8H3/t30-,31-,32+,33?,39+,40?/m1/s1. The molecule has 0 aromatic heterocycles. The van der Waals surface area contributed by atoms with Gasteiger partial charge in [0.2, 0.25) is 17.7 Å². The molecule has 2 aromatic rings. The van der Waals surface area contributed by atoms with Gasteiger partial charge in [0.05, 0.1) is 30.1 Å². The van der Waals surface area contributed by atoms with Crippen LogP contribution in [0.2, 0.25) is 0 Å². The summed E-state index contributed by atoms with van der Waals surface area (Å²) in [7, 11) is 0. The molecule has 3 amide bonds. The third kappa shape index (κ3) is 6.25. The summed E-state index contributed by atoms with van der Waals surface area (Å²) in [5.74, 6) is -2.48. The van der Waals surface area contributed by atoms with Gasteiger partial charge < -0.3 is 24.5 Å². The van der Waals surface area contributed by atoms with Gasteiger partial charge >= 0.3 is 0 Å². The van der Waals surface area contributed by atoms with Crippen LogP contribution in [0.25, 0.3) is 0 Å². The lowest BCUT2D eigenvalue weighted by Crippen LogP contribution is -2.61. The lowest BCUT2D eigenvalue weighted by molar-refractivity contribution is -0.160. The predicted molar refractivity (Wildman–Crippen MR) is 187 cm³/mol. The van der Waals surface area contributed by atoms with Crippen molar-refractivity contribution in [3.05, 3.63) is 97.1 Å². The van der Waals surface area contributed by atoms with Crippen molar-refractivity contribution >= 4 is 17.7 Å². The van der Waals surface area contributed by atoms with E-state index in [9.17, 15) is 9.90 Å². The van der Waals surface area contributed by atoms with Gasteiger partial charge in [-0.1, -0.05) is 93.6 Å². The molecule has 0 radical (unpaired) electrons. The van der Waals surface area contributed by atoms with Crippen molar-refractivity contribution in [2.24, 2.45) is 17.3 Å². The molecular weight excluding hydrogens is 602 g/mol. The number of amides is 3. The summed E-state index contributed by atoms with van der Waals surface area (Å²) < 4.78 is 7.00. The molecule has 6 atom stereocenters. The van der Waals surface area contributed by atoms with Crippen molar-refractivity contribution in [3.8, 4) is 0 Å². The Morgan fingerprint density at radius 2 is 1.58 bits per heavy atom. The van der Waals surface area contributed by atoms with Crippen LogP contribution in [-0.4, -0.2) is 80.0 Å². The Labute approximate surface area is 286 Å². The zero-order valence-electron chi connectivity index (χ0n) is 29.5. The highest BCUT2D eigenvalue weighted by atomic mass is 16.5. The quantitative estimate of drug-likeness (QED) is 0.270. The molecule has 258 valence electrons. The van der Waals surface area contributed by atoms with Gasteiger partial charge in [-0.05, 0) is 56.6 Å². The van der Waals surface area contributed by atoms with E-state index in [1.54, 1.807) is 22.0 Å². The lowest BCUT2D eigenvalue weighted by atomic mass is 9.66. The van der Waals surface area contributed by atoms with E-state index in [0.29, 0.717) is 37.9 Å². The maximum Gasteiger partial charge on any atom is 0.249 e. The highest BCUT2D eigenvalue weighted by molar-refractivity contribution is 5.99. The number of hydrogen-bond donors (Lipinski definition) is 1. The average molecular weight is 656 g/mol. The first-order chi connectivity index (χ1) is 22.6. The van der Waals surface area contributed by atoms with Gasteiger partial charge in [-0.3, -0.25) is 14.4 Å². The van der Waals surface area contributed by atoms with E-state index < -0.39 is 40.7 Å². The normalized spacial score (nSPS) is 27.0. The number of carbonyl (C=O) groups is 3. The first-order valence-corrected chi connectivity index (χ1v) is 17.2. The molecule has 3 heterocycles. The van der Waals surface area contributed by atoms with Crippen molar-refractivity contribution in [2.45, 2.75) is 96.2 Å². The summed E-state index contributed by atoms with van der Waals surface area (Å²) in [6.45, 7) is 20.9. The summed E-state index contributed by atoms with van der Waals surface area (Å²) in [4.78, 5) is 50.2. The number of carbonyl (C=O) groups excluding carboxylic acids is 3. The number of aliphatic hydroxyl groups is 1. The number of benzene rings is 2. The molecule has 2 unspecified atom stereocenters. The Hall–Kier alpha value is -3.75.